The Morgan fingerprint density at radius 2 is 1.95 bits per heavy atom. The number of aromatic hydroxyl groups is 1. The van der Waals surface area contributed by atoms with Gasteiger partial charge in [0.2, 0.25) is 0 Å². The lowest BCUT2D eigenvalue weighted by molar-refractivity contribution is -0.125. The van der Waals surface area contributed by atoms with Gasteiger partial charge in [-0.15, -0.1) is 0 Å². The summed E-state index contributed by atoms with van der Waals surface area (Å²) in [5.41, 5.74) is 1.64. The zero-order valence-corrected chi connectivity index (χ0v) is 11.1. The molecule has 0 saturated heterocycles. The molecule has 0 fully saturated rings. The molecular formula is C16H15NO3. The second-order valence-electron chi connectivity index (χ2n) is 4.82. The monoisotopic (exact) mass is 269 g/mol. The maximum Gasteiger partial charge on any atom is 0.268 e. The number of carbonyl (C=O) groups is 1. The zero-order chi connectivity index (χ0) is 14.1. The van der Waals surface area contributed by atoms with E-state index in [4.69, 9.17) is 4.74 Å². The number of hydrogen-bond acceptors (Lipinski definition) is 3. The lowest BCUT2D eigenvalue weighted by Gasteiger charge is -2.33. The van der Waals surface area contributed by atoms with Gasteiger partial charge in [0, 0.05) is 6.07 Å². The van der Waals surface area contributed by atoms with E-state index in [1.807, 2.05) is 30.3 Å². The van der Waals surface area contributed by atoms with Crippen molar-refractivity contribution in [2.75, 3.05) is 4.90 Å². The summed E-state index contributed by atoms with van der Waals surface area (Å²) in [4.78, 5) is 14.0. The van der Waals surface area contributed by atoms with E-state index in [0.717, 1.165) is 5.56 Å². The molecule has 4 heteroatoms. The Morgan fingerprint density at radius 1 is 1.20 bits per heavy atom. The largest absolute Gasteiger partial charge is 0.508 e. The van der Waals surface area contributed by atoms with Crippen molar-refractivity contribution in [1.82, 2.24) is 0 Å². The number of nitrogens with zero attached hydrogens (tertiary/aromatic N) is 1. The first-order valence-corrected chi connectivity index (χ1v) is 6.50. The highest BCUT2D eigenvalue weighted by Gasteiger charge is 2.31. The summed E-state index contributed by atoms with van der Waals surface area (Å²) in [5.74, 6) is 0.630. The van der Waals surface area contributed by atoms with Crippen molar-refractivity contribution >= 4 is 11.6 Å². The summed E-state index contributed by atoms with van der Waals surface area (Å²) < 4.78 is 5.56. The molecule has 1 atom stereocenters. The van der Waals surface area contributed by atoms with E-state index in [-0.39, 0.29) is 11.7 Å². The molecule has 0 aromatic heterocycles. The molecule has 0 aliphatic carbocycles. The second kappa shape index (κ2) is 4.89. The molecule has 1 amide bonds. The number of amides is 1. The van der Waals surface area contributed by atoms with Crippen molar-refractivity contribution in [3.63, 3.8) is 0 Å². The molecule has 20 heavy (non-hydrogen) atoms. The van der Waals surface area contributed by atoms with E-state index in [1.165, 1.54) is 0 Å². The van der Waals surface area contributed by atoms with Crippen molar-refractivity contribution in [3.05, 3.63) is 54.1 Å². The highest BCUT2D eigenvalue weighted by Crippen LogP contribution is 2.37. The Bertz CT molecular complexity index is 639. The predicted octanol–water partition coefficient (Wildman–Crippen LogP) is 2.71. The number of hydrogen-bond donors (Lipinski definition) is 1. The van der Waals surface area contributed by atoms with Gasteiger partial charge in [0.25, 0.3) is 5.91 Å². The quantitative estimate of drug-likeness (QED) is 0.912. The highest BCUT2D eigenvalue weighted by atomic mass is 16.5. The van der Waals surface area contributed by atoms with E-state index < -0.39 is 6.10 Å². The smallest absolute Gasteiger partial charge is 0.268 e. The number of ether oxygens (including phenoxy) is 1. The van der Waals surface area contributed by atoms with Gasteiger partial charge in [0.1, 0.15) is 11.5 Å². The molecule has 1 aliphatic rings. The van der Waals surface area contributed by atoms with Gasteiger partial charge in [0.05, 0.1) is 12.2 Å². The Kier molecular flexibility index (Phi) is 3.06. The van der Waals surface area contributed by atoms with Crippen LogP contribution in [0.3, 0.4) is 0 Å². The van der Waals surface area contributed by atoms with Crippen LogP contribution in [0.1, 0.15) is 12.5 Å². The van der Waals surface area contributed by atoms with Crippen LogP contribution >= 0.6 is 0 Å². The average molecular weight is 269 g/mol. The zero-order valence-electron chi connectivity index (χ0n) is 11.1. The number of phenolic OH excluding ortho intramolecular Hbond substituents is 1. The van der Waals surface area contributed by atoms with Crippen LogP contribution in [-0.4, -0.2) is 17.1 Å². The van der Waals surface area contributed by atoms with E-state index in [9.17, 15) is 9.90 Å². The fourth-order valence-corrected chi connectivity index (χ4v) is 2.32. The number of phenols is 1. The molecule has 3 rings (SSSR count). The molecule has 0 spiro atoms. The van der Waals surface area contributed by atoms with Crippen LogP contribution in [0.5, 0.6) is 11.5 Å². The minimum absolute atomic E-state index is 0.105. The fourth-order valence-electron chi connectivity index (χ4n) is 2.32. The third kappa shape index (κ3) is 2.20. The summed E-state index contributed by atoms with van der Waals surface area (Å²) >= 11 is 0. The number of anilines is 1. The highest BCUT2D eigenvalue weighted by molar-refractivity contribution is 5.99. The topological polar surface area (TPSA) is 49.8 Å². The molecule has 1 aliphatic heterocycles. The van der Waals surface area contributed by atoms with Crippen LogP contribution in [0.4, 0.5) is 5.69 Å². The molecule has 2 aromatic rings. The van der Waals surface area contributed by atoms with E-state index in [2.05, 4.69) is 0 Å². The molecule has 4 nitrogen and oxygen atoms in total. The maximum atomic E-state index is 12.3. The number of rotatable bonds is 2. The summed E-state index contributed by atoms with van der Waals surface area (Å²) in [5, 5.41) is 9.63. The van der Waals surface area contributed by atoms with Gasteiger partial charge >= 0.3 is 0 Å². The number of fused-ring (bicyclic) bond motifs is 1. The minimum Gasteiger partial charge on any atom is -0.508 e. The standard InChI is InChI=1S/C16H15NO3/c1-11-16(19)17(10-12-5-3-2-4-6-12)14-9-13(18)7-8-15(14)20-11/h2-9,11,18H,10H2,1H3. The summed E-state index contributed by atoms with van der Waals surface area (Å²) in [6, 6.07) is 14.6. The van der Waals surface area contributed by atoms with Crippen LogP contribution in [0, 0.1) is 0 Å². The SMILES string of the molecule is CC1Oc2ccc(O)cc2N(Cc2ccccc2)C1=O. The normalized spacial score (nSPS) is 17.6. The van der Waals surface area contributed by atoms with Crippen molar-refractivity contribution in [3.8, 4) is 11.5 Å². The van der Waals surface area contributed by atoms with Gasteiger partial charge in [-0.25, -0.2) is 0 Å². The van der Waals surface area contributed by atoms with Gasteiger partial charge < -0.3 is 14.7 Å². The van der Waals surface area contributed by atoms with Crippen LogP contribution in [0.2, 0.25) is 0 Å². The Balaban J connectivity index is 2.00. The van der Waals surface area contributed by atoms with E-state index in [0.29, 0.717) is 18.0 Å². The lowest BCUT2D eigenvalue weighted by Crippen LogP contribution is -2.43. The molecule has 1 unspecified atom stereocenters. The third-order valence-corrected chi connectivity index (χ3v) is 3.33. The van der Waals surface area contributed by atoms with Crippen molar-refractivity contribution in [1.29, 1.82) is 0 Å². The van der Waals surface area contributed by atoms with Gasteiger partial charge in [-0.2, -0.15) is 0 Å². The Hall–Kier alpha value is -2.49. The van der Waals surface area contributed by atoms with Gasteiger partial charge in [-0.05, 0) is 24.6 Å². The molecular weight excluding hydrogens is 254 g/mol. The maximum absolute atomic E-state index is 12.3. The Labute approximate surface area is 117 Å². The first-order chi connectivity index (χ1) is 9.65. The molecule has 0 saturated carbocycles. The minimum atomic E-state index is -0.518. The first-order valence-electron chi connectivity index (χ1n) is 6.50. The lowest BCUT2D eigenvalue weighted by atomic mass is 10.1. The van der Waals surface area contributed by atoms with Crippen LogP contribution < -0.4 is 9.64 Å². The summed E-state index contributed by atoms with van der Waals surface area (Å²) in [6.45, 7) is 2.19. The third-order valence-electron chi connectivity index (χ3n) is 3.33. The van der Waals surface area contributed by atoms with Crippen LogP contribution in [0.15, 0.2) is 48.5 Å². The van der Waals surface area contributed by atoms with Crippen LogP contribution in [-0.2, 0) is 11.3 Å². The van der Waals surface area contributed by atoms with Crippen LogP contribution in [0.25, 0.3) is 0 Å². The summed E-state index contributed by atoms with van der Waals surface area (Å²) in [6.07, 6.45) is -0.518. The number of benzene rings is 2. The second-order valence-corrected chi connectivity index (χ2v) is 4.82. The molecule has 0 bridgehead atoms. The van der Waals surface area contributed by atoms with Gasteiger partial charge in [-0.3, -0.25) is 4.79 Å². The van der Waals surface area contributed by atoms with Gasteiger partial charge in [0.15, 0.2) is 6.10 Å². The van der Waals surface area contributed by atoms with E-state index >= 15 is 0 Å². The van der Waals surface area contributed by atoms with E-state index in [1.54, 1.807) is 30.0 Å². The molecule has 1 N–H and O–H groups in total. The predicted molar refractivity (Wildman–Crippen MR) is 75.8 cm³/mol. The Morgan fingerprint density at radius 3 is 2.70 bits per heavy atom. The van der Waals surface area contributed by atoms with Crippen molar-refractivity contribution < 1.29 is 14.6 Å². The van der Waals surface area contributed by atoms with Gasteiger partial charge in [-0.1, -0.05) is 30.3 Å². The number of carbonyl (C=O) groups excluding carboxylic acids is 1. The molecule has 0 radical (unpaired) electrons. The molecule has 1 heterocycles. The molecule has 102 valence electrons. The summed E-state index contributed by atoms with van der Waals surface area (Å²) in [7, 11) is 0. The van der Waals surface area contributed by atoms with Crippen molar-refractivity contribution in [2.45, 2.75) is 19.6 Å². The first kappa shape index (κ1) is 12.5. The van der Waals surface area contributed by atoms with Crippen molar-refractivity contribution in [2.24, 2.45) is 0 Å². The fraction of sp³-hybridized carbons (Fsp3) is 0.188. The molecule has 2 aromatic carbocycles. The average Bonchev–Trinajstić information content (AvgIpc) is 2.46.